The highest BCUT2D eigenvalue weighted by Crippen LogP contribution is 2.20. The molecule has 0 aliphatic carbocycles. The maximum atomic E-state index is 12.8. The van der Waals surface area contributed by atoms with Crippen LogP contribution in [-0.4, -0.2) is 76.6 Å². The Morgan fingerprint density at radius 2 is 2.03 bits per heavy atom. The van der Waals surface area contributed by atoms with Crippen LogP contribution in [0.5, 0.6) is 0 Å². The van der Waals surface area contributed by atoms with Crippen molar-refractivity contribution in [3.8, 4) is 0 Å². The number of alkyl halides is 3. The summed E-state index contributed by atoms with van der Waals surface area (Å²) in [5.74, 6) is -3.82. The van der Waals surface area contributed by atoms with Gasteiger partial charge in [-0.1, -0.05) is 4.49 Å². The number of amides is 3. The summed E-state index contributed by atoms with van der Waals surface area (Å²) in [5, 5.41) is 15.5. The molecule has 1 unspecified atom stereocenters. The zero-order chi connectivity index (χ0) is 23.5. The Balaban J connectivity index is 1.60. The van der Waals surface area contributed by atoms with E-state index in [1.807, 2.05) is 0 Å². The Hall–Kier alpha value is -2.91. The molecule has 0 radical (unpaired) electrons. The number of aromatic nitrogens is 2. The van der Waals surface area contributed by atoms with Crippen LogP contribution in [0.1, 0.15) is 29.9 Å². The van der Waals surface area contributed by atoms with Crippen molar-refractivity contribution >= 4 is 46.4 Å². The number of carbonyl (C=O) groups is 3. The summed E-state index contributed by atoms with van der Waals surface area (Å²) >= 11 is 1.74. The zero-order valence-electron chi connectivity index (χ0n) is 16.5. The Morgan fingerprint density at radius 1 is 1.31 bits per heavy atom. The van der Waals surface area contributed by atoms with Crippen molar-refractivity contribution in [1.29, 1.82) is 5.41 Å². The van der Waals surface area contributed by atoms with Gasteiger partial charge in [0.1, 0.15) is 10.7 Å². The molecule has 1 fully saturated rings. The lowest BCUT2D eigenvalue weighted by atomic mass is 10.2. The first-order valence-corrected chi connectivity index (χ1v) is 10.7. The molecule has 3 rings (SSSR count). The molecule has 0 saturated carbocycles. The molecule has 1 atom stereocenters. The van der Waals surface area contributed by atoms with Crippen molar-refractivity contribution in [2.24, 2.45) is 0 Å². The Bertz CT molecular complexity index is 1040. The van der Waals surface area contributed by atoms with Crippen LogP contribution in [0.2, 0.25) is 0 Å². The van der Waals surface area contributed by atoms with E-state index in [9.17, 15) is 27.6 Å². The van der Waals surface area contributed by atoms with Gasteiger partial charge in [0, 0.05) is 13.1 Å². The SMILES string of the molecule is Cc1nnsc1C(=O)N1CCOCC1CNC(=O)c1ccc(C(=N)NC(=O)C(F)(F)F)s1. The van der Waals surface area contributed by atoms with Gasteiger partial charge in [0.25, 0.3) is 11.8 Å². The normalized spacial score (nSPS) is 16.5. The summed E-state index contributed by atoms with van der Waals surface area (Å²) in [4.78, 5) is 38.3. The van der Waals surface area contributed by atoms with Crippen LogP contribution in [0.15, 0.2) is 12.1 Å². The number of hydrogen-bond acceptors (Lipinski definition) is 9. The molecule has 10 nitrogen and oxygen atoms in total. The minimum Gasteiger partial charge on any atom is -0.377 e. The van der Waals surface area contributed by atoms with E-state index in [0.717, 1.165) is 22.9 Å². The summed E-state index contributed by atoms with van der Waals surface area (Å²) in [6.45, 7) is 2.64. The number of nitrogens with one attached hydrogen (secondary N) is 3. The maximum absolute atomic E-state index is 12.8. The van der Waals surface area contributed by atoms with Crippen molar-refractivity contribution in [1.82, 2.24) is 25.1 Å². The van der Waals surface area contributed by atoms with Crippen LogP contribution in [0.25, 0.3) is 0 Å². The van der Waals surface area contributed by atoms with Gasteiger partial charge in [0.05, 0.1) is 34.7 Å². The van der Waals surface area contributed by atoms with Crippen molar-refractivity contribution < 1.29 is 32.3 Å². The molecule has 1 saturated heterocycles. The van der Waals surface area contributed by atoms with E-state index in [2.05, 4.69) is 14.9 Å². The molecule has 3 N–H and O–H groups in total. The predicted octanol–water partition coefficient (Wildman–Crippen LogP) is 1.18. The minimum absolute atomic E-state index is 0.0151. The Kier molecular flexibility index (Phi) is 7.20. The molecule has 0 spiro atoms. The number of aryl methyl sites for hydroxylation is 1. The van der Waals surface area contributed by atoms with Crippen LogP contribution in [0, 0.1) is 12.3 Å². The van der Waals surface area contributed by atoms with Crippen molar-refractivity contribution in [3.05, 3.63) is 32.5 Å². The molecular formula is C17H17F3N6O4S2. The first-order chi connectivity index (χ1) is 15.1. The van der Waals surface area contributed by atoms with Gasteiger partial charge >= 0.3 is 12.1 Å². The van der Waals surface area contributed by atoms with Gasteiger partial charge in [-0.2, -0.15) is 13.2 Å². The Labute approximate surface area is 187 Å². The van der Waals surface area contributed by atoms with E-state index in [0.29, 0.717) is 23.7 Å². The van der Waals surface area contributed by atoms with Gasteiger partial charge in [0.2, 0.25) is 0 Å². The third kappa shape index (κ3) is 5.46. The monoisotopic (exact) mass is 490 g/mol. The molecular weight excluding hydrogens is 473 g/mol. The fourth-order valence-electron chi connectivity index (χ4n) is 2.79. The molecule has 172 valence electrons. The number of nitrogens with zero attached hydrogens (tertiary/aromatic N) is 3. The second kappa shape index (κ2) is 9.70. The zero-order valence-corrected chi connectivity index (χ0v) is 18.1. The van der Waals surface area contributed by atoms with Gasteiger partial charge in [0.15, 0.2) is 0 Å². The topological polar surface area (TPSA) is 137 Å². The smallest absolute Gasteiger partial charge is 0.377 e. The summed E-state index contributed by atoms with van der Waals surface area (Å²) in [7, 11) is 0. The van der Waals surface area contributed by atoms with E-state index in [1.165, 1.54) is 17.4 Å². The molecule has 0 bridgehead atoms. The van der Waals surface area contributed by atoms with Crippen molar-refractivity contribution in [3.63, 3.8) is 0 Å². The Morgan fingerprint density at radius 3 is 2.69 bits per heavy atom. The third-order valence-electron chi connectivity index (χ3n) is 4.40. The summed E-state index contributed by atoms with van der Waals surface area (Å²) in [6.07, 6.45) is -5.12. The number of morpholine rings is 1. The lowest BCUT2D eigenvalue weighted by Gasteiger charge is -2.35. The number of thiophene rings is 1. The number of rotatable bonds is 5. The third-order valence-corrected chi connectivity index (χ3v) is 6.32. The van der Waals surface area contributed by atoms with Crippen molar-refractivity contribution in [2.75, 3.05) is 26.3 Å². The molecule has 1 aliphatic rings. The molecule has 32 heavy (non-hydrogen) atoms. The van der Waals surface area contributed by atoms with Crippen LogP contribution in [0.3, 0.4) is 0 Å². The number of carbonyl (C=O) groups excluding carboxylic acids is 3. The highest BCUT2D eigenvalue weighted by molar-refractivity contribution is 7.16. The highest BCUT2D eigenvalue weighted by Gasteiger charge is 2.39. The standard InChI is InChI=1S/C17H17F3N6O4S2/c1-8-12(32-25-24-8)15(28)26-4-5-30-7-9(26)6-22-14(27)11-3-2-10(31-11)13(21)23-16(29)17(18,19)20/h2-3,9H,4-7H2,1H3,(H,22,27)(H2,21,23,29). The average Bonchev–Trinajstić information content (AvgIpc) is 3.40. The molecule has 3 amide bonds. The summed E-state index contributed by atoms with van der Waals surface area (Å²) in [6, 6.07) is 2.15. The van der Waals surface area contributed by atoms with Gasteiger partial charge < -0.3 is 20.3 Å². The molecule has 3 heterocycles. The average molecular weight is 490 g/mol. The van der Waals surface area contributed by atoms with Crippen LogP contribution in [-0.2, 0) is 9.53 Å². The second-order valence-electron chi connectivity index (χ2n) is 6.62. The van der Waals surface area contributed by atoms with E-state index >= 15 is 0 Å². The fraction of sp³-hybridized carbons (Fsp3) is 0.412. The first-order valence-electron chi connectivity index (χ1n) is 9.10. The quantitative estimate of drug-likeness (QED) is 0.425. The molecule has 2 aromatic rings. The second-order valence-corrected chi connectivity index (χ2v) is 8.45. The maximum Gasteiger partial charge on any atom is 0.471 e. The van der Waals surface area contributed by atoms with Crippen molar-refractivity contribution in [2.45, 2.75) is 19.1 Å². The minimum atomic E-state index is -5.12. The number of halogens is 3. The highest BCUT2D eigenvalue weighted by atomic mass is 32.1. The lowest BCUT2D eigenvalue weighted by molar-refractivity contribution is -0.171. The largest absolute Gasteiger partial charge is 0.471 e. The van der Waals surface area contributed by atoms with E-state index in [1.54, 1.807) is 11.8 Å². The number of ether oxygens (including phenoxy) is 1. The van der Waals surface area contributed by atoms with Crippen LogP contribution in [0.4, 0.5) is 13.2 Å². The van der Waals surface area contributed by atoms with E-state index < -0.39 is 29.9 Å². The van der Waals surface area contributed by atoms with Gasteiger partial charge in [-0.3, -0.25) is 19.8 Å². The van der Waals surface area contributed by atoms with Crippen LogP contribution >= 0.6 is 22.9 Å². The van der Waals surface area contributed by atoms with E-state index in [4.69, 9.17) is 10.1 Å². The predicted molar refractivity (Wildman–Crippen MR) is 108 cm³/mol. The summed E-state index contributed by atoms with van der Waals surface area (Å²) in [5.41, 5.74) is 0.514. The molecule has 15 heteroatoms. The number of hydrogen-bond donors (Lipinski definition) is 3. The summed E-state index contributed by atoms with van der Waals surface area (Å²) < 4.78 is 46.1. The fourth-order valence-corrected chi connectivity index (χ4v) is 4.23. The van der Waals surface area contributed by atoms with E-state index in [-0.39, 0.29) is 28.8 Å². The lowest BCUT2D eigenvalue weighted by Crippen LogP contribution is -2.53. The molecule has 0 aromatic carbocycles. The van der Waals surface area contributed by atoms with Gasteiger partial charge in [-0.15, -0.1) is 16.4 Å². The molecule has 1 aliphatic heterocycles. The van der Waals surface area contributed by atoms with Gasteiger partial charge in [-0.05, 0) is 30.6 Å². The van der Waals surface area contributed by atoms with Gasteiger partial charge in [-0.25, -0.2) is 0 Å². The first kappa shape index (κ1) is 23.7. The number of amidine groups is 1. The van der Waals surface area contributed by atoms with Crippen LogP contribution < -0.4 is 10.6 Å². The molecule has 2 aromatic heterocycles.